The van der Waals surface area contributed by atoms with Gasteiger partial charge in [0.05, 0.1) is 0 Å². The maximum absolute atomic E-state index is 4.29. The Morgan fingerprint density at radius 2 is 1.43 bits per heavy atom. The third-order valence-electron chi connectivity index (χ3n) is 4.47. The summed E-state index contributed by atoms with van der Waals surface area (Å²) in [5, 5.41) is 6.98. The Morgan fingerprint density at radius 3 is 1.90 bits per heavy atom. The fraction of sp³-hybridized carbons (Fsp3) is 0.889. The van der Waals surface area contributed by atoms with Gasteiger partial charge in [0, 0.05) is 5.92 Å². The van der Waals surface area contributed by atoms with E-state index in [0.29, 0.717) is 5.92 Å². The maximum Gasteiger partial charge on any atom is 0.137 e. The molecule has 0 saturated heterocycles. The van der Waals surface area contributed by atoms with E-state index in [9.17, 15) is 0 Å². The van der Waals surface area contributed by atoms with Crippen LogP contribution in [-0.4, -0.2) is 15.2 Å². The number of hydrogen-bond donors (Lipinski definition) is 1. The molecule has 0 fully saturated rings. The van der Waals surface area contributed by atoms with Crippen LogP contribution in [0.2, 0.25) is 0 Å². The van der Waals surface area contributed by atoms with Crippen molar-refractivity contribution < 1.29 is 0 Å². The van der Waals surface area contributed by atoms with Crippen LogP contribution in [0.5, 0.6) is 0 Å². The summed E-state index contributed by atoms with van der Waals surface area (Å²) in [4.78, 5) is 4.29. The van der Waals surface area contributed by atoms with E-state index in [4.69, 9.17) is 0 Å². The molecule has 3 heteroatoms. The van der Waals surface area contributed by atoms with Gasteiger partial charge in [-0.05, 0) is 12.8 Å². The Morgan fingerprint density at radius 1 is 0.857 bits per heavy atom. The highest BCUT2D eigenvalue weighted by Gasteiger charge is 2.11. The van der Waals surface area contributed by atoms with Gasteiger partial charge < -0.3 is 0 Å². The Balaban J connectivity index is 1.88. The average molecular weight is 293 g/mol. The number of aromatic nitrogens is 3. The molecule has 1 aromatic heterocycles. The number of hydrogen-bond acceptors (Lipinski definition) is 2. The summed E-state index contributed by atoms with van der Waals surface area (Å²) in [5.41, 5.74) is 0. The molecule has 0 aliphatic carbocycles. The van der Waals surface area contributed by atoms with Crippen molar-refractivity contribution in [3.8, 4) is 0 Å². The Labute approximate surface area is 131 Å². The SMILES string of the molecule is CCCCCCCCCCCCCC(CC)c1ncn[nH]1. The minimum absolute atomic E-state index is 0.575. The van der Waals surface area contributed by atoms with Crippen molar-refractivity contribution in [3.05, 3.63) is 12.2 Å². The van der Waals surface area contributed by atoms with Crippen LogP contribution >= 0.6 is 0 Å². The lowest BCUT2D eigenvalue weighted by Gasteiger charge is -2.11. The number of unbranched alkanes of at least 4 members (excludes halogenated alkanes) is 10. The second-order valence-electron chi connectivity index (χ2n) is 6.30. The highest BCUT2D eigenvalue weighted by atomic mass is 15.2. The van der Waals surface area contributed by atoms with E-state index < -0.39 is 0 Å². The highest BCUT2D eigenvalue weighted by molar-refractivity contribution is 4.91. The first kappa shape index (κ1) is 18.2. The molecule has 1 N–H and O–H groups in total. The number of nitrogens with one attached hydrogen (secondary N) is 1. The molecule has 1 heterocycles. The van der Waals surface area contributed by atoms with Gasteiger partial charge in [-0.3, -0.25) is 5.10 Å². The molecular formula is C18H35N3. The summed E-state index contributed by atoms with van der Waals surface area (Å²) >= 11 is 0. The summed E-state index contributed by atoms with van der Waals surface area (Å²) < 4.78 is 0. The van der Waals surface area contributed by atoms with E-state index in [1.165, 1.54) is 77.0 Å². The maximum atomic E-state index is 4.29. The first-order chi connectivity index (χ1) is 10.4. The van der Waals surface area contributed by atoms with Gasteiger partial charge in [-0.15, -0.1) is 0 Å². The van der Waals surface area contributed by atoms with E-state index >= 15 is 0 Å². The molecule has 0 amide bonds. The largest absolute Gasteiger partial charge is 0.263 e. The number of rotatable bonds is 14. The van der Waals surface area contributed by atoms with E-state index in [1.54, 1.807) is 6.33 Å². The van der Waals surface area contributed by atoms with E-state index in [0.717, 1.165) is 12.2 Å². The van der Waals surface area contributed by atoms with E-state index in [1.807, 2.05) is 0 Å². The fourth-order valence-electron chi connectivity index (χ4n) is 3.00. The summed E-state index contributed by atoms with van der Waals surface area (Å²) in [6.45, 7) is 4.53. The molecule has 0 spiro atoms. The zero-order valence-electron chi connectivity index (χ0n) is 14.2. The van der Waals surface area contributed by atoms with Crippen molar-refractivity contribution >= 4 is 0 Å². The number of nitrogens with zero attached hydrogens (tertiary/aromatic N) is 2. The smallest absolute Gasteiger partial charge is 0.137 e. The molecule has 0 bridgehead atoms. The van der Waals surface area contributed by atoms with Crippen LogP contribution in [0.1, 0.15) is 109 Å². The average Bonchev–Trinajstić information content (AvgIpc) is 3.03. The Kier molecular flexibility index (Phi) is 11.1. The third-order valence-corrected chi connectivity index (χ3v) is 4.47. The van der Waals surface area contributed by atoms with Crippen molar-refractivity contribution in [3.63, 3.8) is 0 Å². The van der Waals surface area contributed by atoms with E-state index in [2.05, 4.69) is 29.0 Å². The molecular weight excluding hydrogens is 258 g/mol. The van der Waals surface area contributed by atoms with Gasteiger partial charge >= 0.3 is 0 Å². The highest BCUT2D eigenvalue weighted by Crippen LogP contribution is 2.22. The molecule has 1 atom stereocenters. The molecule has 0 aromatic carbocycles. The standard InChI is InChI=1S/C18H35N3/c1-3-5-6-7-8-9-10-11-12-13-14-15-17(4-2)18-19-16-20-21-18/h16-17H,3-15H2,1-2H3,(H,19,20,21). The summed E-state index contributed by atoms with van der Waals surface area (Å²) in [6, 6.07) is 0. The van der Waals surface area contributed by atoms with Crippen molar-refractivity contribution in [1.82, 2.24) is 15.2 Å². The zero-order chi connectivity index (χ0) is 15.2. The molecule has 0 aliphatic rings. The van der Waals surface area contributed by atoms with Crippen molar-refractivity contribution in [1.29, 1.82) is 0 Å². The zero-order valence-corrected chi connectivity index (χ0v) is 14.2. The van der Waals surface area contributed by atoms with Gasteiger partial charge in [-0.25, -0.2) is 4.98 Å². The van der Waals surface area contributed by atoms with E-state index in [-0.39, 0.29) is 0 Å². The van der Waals surface area contributed by atoms with Crippen LogP contribution in [-0.2, 0) is 0 Å². The van der Waals surface area contributed by atoms with Crippen LogP contribution in [0.3, 0.4) is 0 Å². The van der Waals surface area contributed by atoms with Gasteiger partial charge in [0.2, 0.25) is 0 Å². The van der Waals surface area contributed by atoms with Crippen LogP contribution in [0.25, 0.3) is 0 Å². The van der Waals surface area contributed by atoms with Gasteiger partial charge in [0.25, 0.3) is 0 Å². The second kappa shape index (κ2) is 12.8. The number of H-pyrrole nitrogens is 1. The van der Waals surface area contributed by atoms with Crippen LogP contribution in [0.15, 0.2) is 6.33 Å². The van der Waals surface area contributed by atoms with Gasteiger partial charge in [-0.1, -0.05) is 84.5 Å². The Bertz CT molecular complexity index is 308. The van der Waals surface area contributed by atoms with Gasteiger partial charge in [0.15, 0.2) is 0 Å². The lowest BCUT2D eigenvalue weighted by atomic mass is 9.97. The third kappa shape index (κ3) is 8.90. The van der Waals surface area contributed by atoms with Gasteiger partial charge in [0.1, 0.15) is 12.2 Å². The summed E-state index contributed by atoms with van der Waals surface area (Å²) in [7, 11) is 0. The lowest BCUT2D eigenvalue weighted by Crippen LogP contribution is -2.00. The first-order valence-corrected chi connectivity index (χ1v) is 9.23. The molecule has 0 aliphatic heterocycles. The molecule has 1 unspecified atom stereocenters. The van der Waals surface area contributed by atoms with Gasteiger partial charge in [-0.2, -0.15) is 5.10 Å². The predicted octanol–water partition coefficient (Wildman–Crippen LogP) is 6.00. The van der Waals surface area contributed by atoms with Crippen molar-refractivity contribution in [2.24, 2.45) is 0 Å². The summed E-state index contributed by atoms with van der Waals surface area (Å²) in [5.74, 6) is 1.65. The number of aromatic amines is 1. The van der Waals surface area contributed by atoms with Crippen LogP contribution in [0, 0.1) is 0 Å². The monoisotopic (exact) mass is 293 g/mol. The first-order valence-electron chi connectivity index (χ1n) is 9.23. The second-order valence-corrected chi connectivity index (χ2v) is 6.30. The molecule has 0 saturated carbocycles. The molecule has 21 heavy (non-hydrogen) atoms. The molecule has 1 rings (SSSR count). The normalized spacial score (nSPS) is 12.7. The molecule has 0 radical (unpaired) electrons. The predicted molar refractivity (Wildman–Crippen MR) is 90.5 cm³/mol. The molecule has 1 aromatic rings. The topological polar surface area (TPSA) is 41.6 Å². The van der Waals surface area contributed by atoms with Crippen LogP contribution in [0.4, 0.5) is 0 Å². The van der Waals surface area contributed by atoms with Crippen LogP contribution < -0.4 is 0 Å². The Hall–Kier alpha value is -0.860. The van der Waals surface area contributed by atoms with Crippen molar-refractivity contribution in [2.45, 2.75) is 103 Å². The van der Waals surface area contributed by atoms with Crippen molar-refractivity contribution in [2.75, 3.05) is 0 Å². The minimum atomic E-state index is 0.575. The lowest BCUT2D eigenvalue weighted by molar-refractivity contribution is 0.505. The fourth-order valence-corrected chi connectivity index (χ4v) is 3.00. The molecule has 122 valence electrons. The quantitative estimate of drug-likeness (QED) is 0.427. The summed E-state index contributed by atoms with van der Waals surface area (Å²) in [6.07, 6.45) is 19.6. The minimum Gasteiger partial charge on any atom is -0.263 e. The molecule has 3 nitrogen and oxygen atoms in total.